The normalized spacial score (nSPS) is 10.8. The molecule has 0 saturated carbocycles. The largest absolute Gasteiger partial charge is 0.478 e. The molecule has 4 nitrogen and oxygen atoms in total. The first-order valence-corrected chi connectivity index (χ1v) is 5.82. The van der Waals surface area contributed by atoms with Crippen molar-refractivity contribution in [2.75, 3.05) is 0 Å². The fourth-order valence-corrected chi connectivity index (χ4v) is 1.80. The maximum atomic E-state index is 11.1. The van der Waals surface area contributed by atoms with Gasteiger partial charge >= 0.3 is 5.97 Å². The van der Waals surface area contributed by atoms with Crippen molar-refractivity contribution in [2.24, 2.45) is 5.92 Å². The van der Waals surface area contributed by atoms with E-state index < -0.39 is 5.97 Å². The van der Waals surface area contributed by atoms with Crippen LogP contribution in [0.2, 0.25) is 0 Å². The topological polar surface area (TPSA) is 59.3 Å². The second kappa shape index (κ2) is 5.66. The van der Waals surface area contributed by atoms with E-state index >= 15 is 0 Å². The van der Waals surface area contributed by atoms with Crippen molar-refractivity contribution in [2.45, 2.75) is 40.2 Å². The van der Waals surface area contributed by atoms with E-state index in [1.165, 1.54) is 0 Å². The molecule has 0 aliphatic rings. The molecular weight excluding hydrogens is 218 g/mol. The Labute approximate surface area is 101 Å². The molecule has 94 valence electrons. The number of carbonyl (C=O) groups is 2. The lowest BCUT2D eigenvalue weighted by Crippen LogP contribution is -2.11. The third-order valence-electron chi connectivity index (χ3n) is 2.62. The number of carboxylic acid groups (broad SMARTS) is 1. The summed E-state index contributed by atoms with van der Waals surface area (Å²) in [6, 6.07) is 1.61. The number of hydrogen-bond acceptors (Lipinski definition) is 2. The number of aromatic nitrogens is 1. The van der Waals surface area contributed by atoms with Crippen LogP contribution in [-0.4, -0.2) is 21.4 Å². The summed E-state index contributed by atoms with van der Waals surface area (Å²) < 4.78 is 1.88. The van der Waals surface area contributed by atoms with Crippen LogP contribution >= 0.6 is 0 Å². The van der Waals surface area contributed by atoms with E-state index in [2.05, 4.69) is 0 Å². The lowest BCUT2D eigenvalue weighted by Gasteiger charge is -2.11. The van der Waals surface area contributed by atoms with Gasteiger partial charge in [-0.3, -0.25) is 4.79 Å². The molecule has 0 aliphatic heterocycles. The molecule has 17 heavy (non-hydrogen) atoms. The molecule has 0 saturated heterocycles. The van der Waals surface area contributed by atoms with Gasteiger partial charge in [-0.15, -0.1) is 0 Å². The second-order valence-corrected chi connectivity index (χ2v) is 4.72. The first-order valence-electron chi connectivity index (χ1n) is 5.82. The summed E-state index contributed by atoms with van der Waals surface area (Å²) in [5.74, 6) is -0.396. The third-order valence-corrected chi connectivity index (χ3v) is 2.62. The van der Waals surface area contributed by atoms with Crippen molar-refractivity contribution >= 4 is 11.8 Å². The molecule has 0 unspecified atom stereocenters. The van der Waals surface area contributed by atoms with Gasteiger partial charge < -0.3 is 9.67 Å². The zero-order valence-corrected chi connectivity index (χ0v) is 10.6. The van der Waals surface area contributed by atoms with Gasteiger partial charge in [-0.2, -0.15) is 0 Å². The molecule has 0 atom stereocenters. The van der Waals surface area contributed by atoms with Crippen LogP contribution in [0.5, 0.6) is 0 Å². The summed E-state index contributed by atoms with van der Waals surface area (Å²) >= 11 is 0. The standard InChI is InChI=1S/C13H19NO3/c1-9(2)8-12-11(13(16)17)5-7-14(12)6-4-10(3)15/h5,7,9H,4,6,8H2,1-3H3,(H,16,17). The van der Waals surface area contributed by atoms with Crippen molar-refractivity contribution < 1.29 is 14.7 Å². The molecule has 0 spiro atoms. The molecule has 4 heteroatoms. The smallest absolute Gasteiger partial charge is 0.337 e. The predicted molar refractivity (Wildman–Crippen MR) is 65.2 cm³/mol. The average Bonchev–Trinajstić information content (AvgIpc) is 2.57. The van der Waals surface area contributed by atoms with E-state index in [1.54, 1.807) is 19.2 Å². The fraction of sp³-hybridized carbons (Fsp3) is 0.538. The molecule has 1 rings (SSSR count). The maximum absolute atomic E-state index is 11.1. The molecule has 0 bridgehead atoms. The zero-order chi connectivity index (χ0) is 13.0. The van der Waals surface area contributed by atoms with E-state index in [9.17, 15) is 9.59 Å². The van der Waals surface area contributed by atoms with Gasteiger partial charge in [0, 0.05) is 24.9 Å². The number of hydrogen-bond donors (Lipinski definition) is 1. The minimum Gasteiger partial charge on any atom is -0.478 e. The quantitative estimate of drug-likeness (QED) is 0.826. The molecule has 1 aromatic heterocycles. The Bertz CT molecular complexity index is 418. The summed E-state index contributed by atoms with van der Waals surface area (Å²) in [5.41, 5.74) is 1.16. The van der Waals surface area contributed by atoms with Crippen LogP contribution in [0.4, 0.5) is 0 Å². The predicted octanol–water partition coefficient (Wildman–Crippen LogP) is 2.36. The third kappa shape index (κ3) is 3.73. The Morgan fingerprint density at radius 1 is 1.41 bits per heavy atom. The van der Waals surface area contributed by atoms with Crippen LogP contribution in [0.25, 0.3) is 0 Å². The number of aryl methyl sites for hydroxylation is 1. The van der Waals surface area contributed by atoms with E-state index in [1.807, 2.05) is 18.4 Å². The Balaban J connectivity index is 2.95. The minimum absolute atomic E-state index is 0.117. The van der Waals surface area contributed by atoms with Crippen LogP contribution < -0.4 is 0 Å². The first kappa shape index (κ1) is 13.5. The van der Waals surface area contributed by atoms with E-state index in [4.69, 9.17) is 5.11 Å². The van der Waals surface area contributed by atoms with E-state index in [-0.39, 0.29) is 5.78 Å². The van der Waals surface area contributed by atoms with E-state index in [0.717, 1.165) is 5.69 Å². The number of rotatable bonds is 6. The highest BCUT2D eigenvalue weighted by Crippen LogP contribution is 2.16. The Morgan fingerprint density at radius 2 is 2.06 bits per heavy atom. The summed E-state index contributed by atoms with van der Waals surface area (Å²) in [6.07, 6.45) is 2.91. The van der Waals surface area contributed by atoms with Crippen LogP contribution in [-0.2, 0) is 17.8 Å². The molecule has 0 aliphatic carbocycles. The van der Waals surface area contributed by atoms with Gasteiger partial charge in [0.2, 0.25) is 0 Å². The summed E-state index contributed by atoms with van der Waals surface area (Å²) in [5, 5.41) is 9.09. The average molecular weight is 237 g/mol. The zero-order valence-electron chi connectivity index (χ0n) is 10.6. The van der Waals surface area contributed by atoms with Crippen molar-refractivity contribution in [3.8, 4) is 0 Å². The molecule has 0 aromatic carbocycles. The Kier molecular flexibility index (Phi) is 4.49. The van der Waals surface area contributed by atoms with Gasteiger partial charge in [0.25, 0.3) is 0 Å². The highest BCUT2D eigenvalue weighted by atomic mass is 16.4. The number of carboxylic acids is 1. The van der Waals surface area contributed by atoms with Gasteiger partial charge in [0.1, 0.15) is 5.78 Å². The summed E-state index contributed by atoms with van der Waals surface area (Å²) in [6.45, 7) is 6.20. The van der Waals surface area contributed by atoms with Gasteiger partial charge in [0.05, 0.1) is 5.56 Å². The number of ketones is 1. The molecule has 0 amide bonds. The van der Waals surface area contributed by atoms with Crippen LogP contribution in [0, 0.1) is 5.92 Å². The molecule has 1 aromatic rings. The highest BCUT2D eigenvalue weighted by molar-refractivity contribution is 5.89. The summed E-state index contributed by atoms with van der Waals surface area (Å²) in [4.78, 5) is 22.0. The molecule has 1 N–H and O–H groups in total. The Hall–Kier alpha value is -1.58. The fourth-order valence-electron chi connectivity index (χ4n) is 1.80. The van der Waals surface area contributed by atoms with Gasteiger partial charge in [-0.05, 0) is 25.3 Å². The maximum Gasteiger partial charge on any atom is 0.337 e. The molecular formula is C13H19NO3. The molecule has 0 fully saturated rings. The Morgan fingerprint density at radius 3 is 2.53 bits per heavy atom. The monoisotopic (exact) mass is 237 g/mol. The van der Waals surface area contributed by atoms with Crippen molar-refractivity contribution in [3.05, 3.63) is 23.5 Å². The van der Waals surface area contributed by atoms with Crippen molar-refractivity contribution in [1.82, 2.24) is 4.57 Å². The summed E-state index contributed by atoms with van der Waals surface area (Å²) in [7, 11) is 0. The van der Waals surface area contributed by atoms with Crippen molar-refractivity contribution in [1.29, 1.82) is 0 Å². The lowest BCUT2D eigenvalue weighted by molar-refractivity contribution is -0.117. The number of nitrogens with zero attached hydrogens (tertiary/aromatic N) is 1. The SMILES string of the molecule is CC(=O)CCn1ccc(C(=O)O)c1CC(C)C. The van der Waals surface area contributed by atoms with E-state index in [0.29, 0.717) is 30.9 Å². The lowest BCUT2D eigenvalue weighted by atomic mass is 10.0. The van der Waals surface area contributed by atoms with Crippen LogP contribution in [0.15, 0.2) is 12.3 Å². The van der Waals surface area contributed by atoms with Gasteiger partial charge in [-0.25, -0.2) is 4.79 Å². The minimum atomic E-state index is -0.901. The van der Waals surface area contributed by atoms with Crippen LogP contribution in [0.3, 0.4) is 0 Å². The number of carbonyl (C=O) groups excluding carboxylic acids is 1. The highest BCUT2D eigenvalue weighted by Gasteiger charge is 2.16. The van der Waals surface area contributed by atoms with Crippen LogP contribution in [0.1, 0.15) is 43.2 Å². The van der Waals surface area contributed by atoms with Crippen molar-refractivity contribution in [3.63, 3.8) is 0 Å². The van der Waals surface area contributed by atoms with Gasteiger partial charge in [-0.1, -0.05) is 13.8 Å². The number of Topliss-reactive ketones (excluding diaryl/α,β-unsaturated/α-hetero) is 1. The first-order chi connectivity index (χ1) is 7.91. The number of aromatic carboxylic acids is 1. The molecule has 0 radical (unpaired) electrons. The second-order valence-electron chi connectivity index (χ2n) is 4.72. The van der Waals surface area contributed by atoms with Gasteiger partial charge in [0.15, 0.2) is 0 Å². The molecule has 1 heterocycles.